The molecule has 0 saturated carbocycles. The lowest BCUT2D eigenvalue weighted by atomic mass is 9.89. The number of hydrogen-bond donors (Lipinski definition) is 2. The molecule has 6 heteroatoms. The molecule has 1 aromatic heterocycles. The van der Waals surface area contributed by atoms with E-state index in [1.165, 1.54) is 48.0 Å². The highest BCUT2D eigenvalue weighted by Gasteiger charge is 2.30. The SMILES string of the molecule is Clc1ccc2[nH]c3c(c2c1)CC[NH2+][C@H]3C[C@@H]1CCCOC1.O=C[O-]. The second kappa shape index (κ2) is 8.01. The molecule has 0 radical (unpaired) electrons. The number of nitrogens with two attached hydrogens (primary N) is 1. The van der Waals surface area contributed by atoms with Crippen LogP contribution in [0.5, 0.6) is 0 Å². The van der Waals surface area contributed by atoms with E-state index in [-0.39, 0.29) is 0 Å². The van der Waals surface area contributed by atoms with Crippen molar-refractivity contribution in [2.45, 2.75) is 31.7 Å². The fraction of sp³-hybridized carbons (Fsp3) is 0.500. The normalized spacial score (nSPS) is 23.2. The molecule has 3 N–H and O–H groups in total. The van der Waals surface area contributed by atoms with Crippen molar-refractivity contribution in [1.82, 2.24) is 4.98 Å². The van der Waals surface area contributed by atoms with Gasteiger partial charge in [0.15, 0.2) is 0 Å². The second-order valence-electron chi connectivity index (χ2n) is 6.50. The molecular weight excluding hydrogens is 328 g/mol. The Labute approximate surface area is 146 Å². The highest BCUT2D eigenvalue weighted by atomic mass is 35.5. The van der Waals surface area contributed by atoms with Crippen molar-refractivity contribution >= 4 is 29.0 Å². The van der Waals surface area contributed by atoms with Gasteiger partial charge in [0.25, 0.3) is 0 Å². The molecule has 2 aromatic rings. The molecule has 2 atom stereocenters. The van der Waals surface area contributed by atoms with Gasteiger partial charge in [-0.15, -0.1) is 0 Å². The number of nitrogens with one attached hydrogen (secondary N) is 1. The number of fused-ring (bicyclic) bond motifs is 3. The number of aromatic amines is 1. The Morgan fingerprint density at radius 3 is 3.04 bits per heavy atom. The minimum atomic E-state index is -0.500. The second-order valence-corrected chi connectivity index (χ2v) is 6.94. The number of ether oxygens (including phenoxy) is 1. The monoisotopic (exact) mass is 350 g/mol. The van der Waals surface area contributed by atoms with Crippen LogP contribution in [0.4, 0.5) is 0 Å². The minimum Gasteiger partial charge on any atom is -0.554 e. The molecule has 130 valence electrons. The summed E-state index contributed by atoms with van der Waals surface area (Å²) in [6, 6.07) is 6.74. The average molecular weight is 351 g/mol. The lowest BCUT2D eigenvalue weighted by Crippen LogP contribution is -2.87. The number of halogens is 1. The summed E-state index contributed by atoms with van der Waals surface area (Å²) in [6.07, 6.45) is 4.87. The molecule has 1 saturated heterocycles. The van der Waals surface area contributed by atoms with Crippen LogP contribution >= 0.6 is 11.6 Å². The molecule has 0 amide bonds. The van der Waals surface area contributed by atoms with Crippen molar-refractivity contribution in [3.8, 4) is 0 Å². The fourth-order valence-corrected chi connectivity index (χ4v) is 4.11. The number of benzene rings is 1. The highest BCUT2D eigenvalue weighted by molar-refractivity contribution is 6.31. The first-order valence-corrected chi connectivity index (χ1v) is 8.87. The zero-order valence-corrected chi connectivity index (χ0v) is 14.3. The largest absolute Gasteiger partial charge is 0.554 e. The van der Waals surface area contributed by atoms with Crippen molar-refractivity contribution in [2.75, 3.05) is 19.8 Å². The van der Waals surface area contributed by atoms with Gasteiger partial charge in [-0.25, -0.2) is 0 Å². The van der Waals surface area contributed by atoms with Crippen LogP contribution in [0.2, 0.25) is 5.02 Å². The molecule has 0 aliphatic carbocycles. The van der Waals surface area contributed by atoms with Crippen LogP contribution in [0, 0.1) is 5.92 Å². The first-order valence-electron chi connectivity index (χ1n) is 8.49. The summed E-state index contributed by atoms with van der Waals surface area (Å²) in [5.41, 5.74) is 4.13. The van der Waals surface area contributed by atoms with E-state index in [9.17, 15) is 0 Å². The van der Waals surface area contributed by atoms with Crippen molar-refractivity contribution in [1.29, 1.82) is 0 Å². The Morgan fingerprint density at radius 2 is 2.29 bits per heavy atom. The van der Waals surface area contributed by atoms with E-state index in [0.717, 1.165) is 24.7 Å². The van der Waals surface area contributed by atoms with E-state index < -0.39 is 6.47 Å². The quantitative estimate of drug-likeness (QED) is 0.797. The Hall–Kier alpha value is -1.56. The average Bonchev–Trinajstić information content (AvgIpc) is 2.96. The molecule has 2 aliphatic rings. The standard InChI is InChI=1S/C17H21ClN2O.CH2O2/c18-12-3-4-15-14(9-12)13-5-6-19-16(17(13)20-15)8-11-2-1-7-21-10-11;2-1-3/h3-4,9,11,16,19-20H,1-2,5-8,10H2;1H,(H,2,3)/t11-,16-;/m0./s1. The van der Waals surface area contributed by atoms with Gasteiger partial charge in [0.05, 0.1) is 12.2 Å². The van der Waals surface area contributed by atoms with Gasteiger partial charge >= 0.3 is 0 Å². The van der Waals surface area contributed by atoms with Crippen LogP contribution in [0.25, 0.3) is 10.9 Å². The summed E-state index contributed by atoms with van der Waals surface area (Å²) in [7, 11) is 0. The first-order chi connectivity index (χ1) is 11.7. The van der Waals surface area contributed by atoms with E-state index >= 15 is 0 Å². The van der Waals surface area contributed by atoms with Gasteiger partial charge in [0, 0.05) is 48.5 Å². The molecule has 1 fully saturated rings. The summed E-state index contributed by atoms with van der Waals surface area (Å²) in [6.45, 7) is 2.55. The molecule has 1 aromatic carbocycles. The smallest absolute Gasteiger partial charge is 0.127 e. The van der Waals surface area contributed by atoms with E-state index in [1.54, 1.807) is 0 Å². The number of carboxylic acid groups (broad SMARTS) is 1. The van der Waals surface area contributed by atoms with Crippen molar-refractivity contribution in [3.05, 3.63) is 34.5 Å². The number of hydrogen-bond acceptors (Lipinski definition) is 3. The molecule has 0 unspecified atom stereocenters. The van der Waals surface area contributed by atoms with Crippen molar-refractivity contribution < 1.29 is 20.0 Å². The molecule has 0 bridgehead atoms. The van der Waals surface area contributed by atoms with Crippen LogP contribution in [0.15, 0.2) is 18.2 Å². The van der Waals surface area contributed by atoms with E-state index in [2.05, 4.69) is 22.4 Å². The van der Waals surface area contributed by atoms with Gasteiger partial charge in [-0.3, -0.25) is 0 Å². The first kappa shape index (κ1) is 17.3. The topological polar surface area (TPSA) is 81.8 Å². The molecule has 2 aliphatic heterocycles. The van der Waals surface area contributed by atoms with Crippen molar-refractivity contribution in [2.24, 2.45) is 5.92 Å². The number of rotatable bonds is 2. The predicted molar refractivity (Wildman–Crippen MR) is 90.8 cm³/mol. The number of H-pyrrole nitrogens is 1. The van der Waals surface area contributed by atoms with Crippen LogP contribution in [0.1, 0.15) is 36.6 Å². The summed E-state index contributed by atoms with van der Waals surface area (Å²) in [5, 5.41) is 12.9. The van der Waals surface area contributed by atoms with Crippen LogP contribution in [-0.4, -0.2) is 31.2 Å². The lowest BCUT2D eigenvalue weighted by molar-refractivity contribution is -0.701. The summed E-state index contributed by atoms with van der Waals surface area (Å²) in [5.74, 6) is 0.709. The number of aromatic nitrogens is 1. The van der Waals surface area contributed by atoms with Crippen LogP contribution < -0.4 is 10.4 Å². The van der Waals surface area contributed by atoms with Gasteiger partial charge in [0.2, 0.25) is 0 Å². The Morgan fingerprint density at radius 1 is 1.46 bits per heavy atom. The van der Waals surface area contributed by atoms with Crippen LogP contribution in [-0.2, 0) is 16.0 Å². The number of carbonyl (C=O) groups excluding carboxylic acids is 1. The summed E-state index contributed by atoms with van der Waals surface area (Å²) >= 11 is 6.17. The Kier molecular flexibility index (Phi) is 5.76. The summed E-state index contributed by atoms with van der Waals surface area (Å²) in [4.78, 5) is 11.9. The third kappa shape index (κ3) is 3.74. The molecule has 24 heavy (non-hydrogen) atoms. The minimum absolute atomic E-state index is 0.500. The maximum absolute atomic E-state index is 8.25. The zero-order valence-electron chi connectivity index (χ0n) is 13.6. The van der Waals surface area contributed by atoms with E-state index in [1.807, 2.05) is 6.07 Å². The molecule has 0 spiro atoms. The number of quaternary nitrogens is 1. The third-order valence-electron chi connectivity index (χ3n) is 4.96. The van der Waals surface area contributed by atoms with Gasteiger partial charge in [-0.05, 0) is 42.5 Å². The van der Waals surface area contributed by atoms with Gasteiger partial charge in [0.1, 0.15) is 6.04 Å². The summed E-state index contributed by atoms with van der Waals surface area (Å²) < 4.78 is 5.64. The molecular formula is C18H23ClN2O3. The number of carbonyl (C=O) groups is 1. The zero-order chi connectivity index (χ0) is 16.9. The van der Waals surface area contributed by atoms with Crippen molar-refractivity contribution in [3.63, 3.8) is 0 Å². The highest BCUT2D eigenvalue weighted by Crippen LogP contribution is 2.33. The van der Waals surface area contributed by atoms with E-state index in [4.69, 9.17) is 26.2 Å². The van der Waals surface area contributed by atoms with Gasteiger partial charge < -0.3 is 24.9 Å². The van der Waals surface area contributed by atoms with Gasteiger partial charge in [-0.2, -0.15) is 0 Å². The predicted octanol–water partition coefficient (Wildman–Crippen LogP) is 1.16. The maximum atomic E-state index is 8.25. The third-order valence-corrected chi connectivity index (χ3v) is 5.19. The Bertz CT molecular complexity index is 695. The van der Waals surface area contributed by atoms with Gasteiger partial charge in [-0.1, -0.05) is 11.6 Å². The van der Waals surface area contributed by atoms with Crippen LogP contribution in [0.3, 0.4) is 0 Å². The Balaban J connectivity index is 0.000000526. The maximum Gasteiger partial charge on any atom is 0.127 e. The molecule has 4 rings (SSSR count). The molecule has 5 nitrogen and oxygen atoms in total. The molecule has 3 heterocycles. The fourth-order valence-electron chi connectivity index (χ4n) is 3.94. The lowest BCUT2D eigenvalue weighted by Gasteiger charge is -2.27. The van der Waals surface area contributed by atoms with E-state index in [0.29, 0.717) is 12.0 Å².